The van der Waals surface area contributed by atoms with Gasteiger partial charge in [0.2, 0.25) is 5.91 Å². The topological polar surface area (TPSA) is 55.1 Å². The number of carbonyl (C=O) groups excluding carboxylic acids is 1. The number of nitrogens with two attached hydrogens (primary N) is 1. The summed E-state index contributed by atoms with van der Waals surface area (Å²) in [5.74, 6) is 0.0504. The second-order valence-electron chi connectivity index (χ2n) is 5.31. The molecule has 1 atom stereocenters. The summed E-state index contributed by atoms with van der Waals surface area (Å²) < 4.78 is 0. The summed E-state index contributed by atoms with van der Waals surface area (Å²) in [4.78, 5) is 11.7. The van der Waals surface area contributed by atoms with Crippen LogP contribution in [0.15, 0.2) is 30.3 Å². The van der Waals surface area contributed by atoms with E-state index in [9.17, 15) is 4.79 Å². The van der Waals surface area contributed by atoms with Crippen molar-refractivity contribution in [2.24, 2.45) is 11.1 Å². The Kier molecular flexibility index (Phi) is 3.48. The van der Waals surface area contributed by atoms with Crippen molar-refractivity contribution >= 4 is 5.91 Å². The summed E-state index contributed by atoms with van der Waals surface area (Å²) >= 11 is 0. The van der Waals surface area contributed by atoms with Crippen molar-refractivity contribution in [3.8, 4) is 0 Å². The van der Waals surface area contributed by atoms with Crippen LogP contribution < -0.4 is 11.1 Å². The molecule has 0 aromatic heterocycles. The lowest BCUT2D eigenvalue weighted by molar-refractivity contribution is -0.121. The van der Waals surface area contributed by atoms with Gasteiger partial charge in [-0.05, 0) is 23.8 Å². The highest BCUT2D eigenvalue weighted by molar-refractivity contribution is 5.76. The maximum Gasteiger partial charge on any atom is 0.221 e. The Hall–Kier alpha value is -1.35. The molecule has 17 heavy (non-hydrogen) atoms. The van der Waals surface area contributed by atoms with Gasteiger partial charge in [0.25, 0.3) is 0 Å². The van der Waals surface area contributed by atoms with Gasteiger partial charge in [0.1, 0.15) is 0 Å². The number of rotatable bonds is 5. The minimum absolute atomic E-state index is 0.0504. The number of carbonyl (C=O) groups is 1. The Bertz CT molecular complexity index is 384. The first-order valence-corrected chi connectivity index (χ1v) is 6.16. The van der Waals surface area contributed by atoms with Gasteiger partial charge in [-0.2, -0.15) is 0 Å². The van der Waals surface area contributed by atoms with Crippen LogP contribution in [0, 0.1) is 5.41 Å². The van der Waals surface area contributed by atoms with E-state index in [1.165, 1.54) is 12.8 Å². The lowest BCUT2D eigenvalue weighted by atomic mass is 10.0. The van der Waals surface area contributed by atoms with Gasteiger partial charge in [-0.25, -0.2) is 0 Å². The van der Waals surface area contributed by atoms with E-state index in [2.05, 4.69) is 12.2 Å². The molecule has 1 fully saturated rings. The van der Waals surface area contributed by atoms with E-state index >= 15 is 0 Å². The molecular formula is C14H20N2O. The predicted octanol–water partition coefficient (Wildman–Crippen LogP) is 1.99. The molecule has 1 saturated carbocycles. The molecule has 1 aliphatic rings. The molecule has 1 aromatic rings. The van der Waals surface area contributed by atoms with Crippen molar-refractivity contribution < 1.29 is 4.79 Å². The maximum atomic E-state index is 11.7. The highest BCUT2D eigenvalue weighted by atomic mass is 16.1. The van der Waals surface area contributed by atoms with Crippen molar-refractivity contribution in [2.45, 2.75) is 32.2 Å². The van der Waals surface area contributed by atoms with E-state index in [4.69, 9.17) is 5.73 Å². The molecule has 2 rings (SSSR count). The van der Waals surface area contributed by atoms with Crippen LogP contribution in [0.5, 0.6) is 0 Å². The van der Waals surface area contributed by atoms with Gasteiger partial charge in [0.05, 0.1) is 0 Å². The third-order valence-corrected chi connectivity index (χ3v) is 3.45. The van der Waals surface area contributed by atoms with E-state index in [0.717, 1.165) is 12.1 Å². The molecule has 0 spiro atoms. The van der Waals surface area contributed by atoms with Gasteiger partial charge in [0.15, 0.2) is 0 Å². The zero-order valence-corrected chi connectivity index (χ0v) is 10.3. The van der Waals surface area contributed by atoms with Crippen LogP contribution in [0.2, 0.25) is 0 Å². The van der Waals surface area contributed by atoms with Gasteiger partial charge in [-0.3, -0.25) is 4.79 Å². The van der Waals surface area contributed by atoms with E-state index in [-0.39, 0.29) is 11.9 Å². The van der Waals surface area contributed by atoms with Gasteiger partial charge < -0.3 is 11.1 Å². The number of nitrogens with one attached hydrogen (secondary N) is 1. The number of hydrogen-bond acceptors (Lipinski definition) is 2. The molecule has 1 aromatic carbocycles. The fourth-order valence-electron chi connectivity index (χ4n) is 1.79. The highest BCUT2D eigenvalue weighted by Crippen LogP contribution is 2.44. The fraction of sp³-hybridized carbons (Fsp3) is 0.500. The Labute approximate surface area is 102 Å². The summed E-state index contributed by atoms with van der Waals surface area (Å²) in [5, 5.41) is 2.97. The Morgan fingerprint density at radius 2 is 2.06 bits per heavy atom. The molecule has 0 aliphatic heterocycles. The molecule has 1 aliphatic carbocycles. The van der Waals surface area contributed by atoms with Crippen LogP contribution >= 0.6 is 0 Å². The standard InChI is InChI=1S/C14H20N2O/c1-14(7-8-14)10-16-13(17)9-12(15)11-5-3-2-4-6-11/h2-6,12H,7-10,15H2,1H3,(H,16,17). The molecule has 0 bridgehead atoms. The van der Waals surface area contributed by atoms with Crippen LogP contribution in [0.3, 0.4) is 0 Å². The SMILES string of the molecule is CC1(CNC(=O)CC(N)c2ccccc2)CC1. The van der Waals surface area contributed by atoms with Crippen LogP contribution in [0.25, 0.3) is 0 Å². The molecule has 0 saturated heterocycles. The van der Waals surface area contributed by atoms with Crippen LogP contribution in [0.4, 0.5) is 0 Å². The average Bonchev–Trinajstić information content (AvgIpc) is 3.07. The van der Waals surface area contributed by atoms with Gasteiger partial charge >= 0.3 is 0 Å². The van der Waals surface area contributed by atoms with E-state index in [0.29, 0.717) is 11.8 Å². The van der Waals surface area contributed by atoms with E-state index < -0.39 is 0 Å². The third kappa shape index (κ3) is 3.56. The summed E-state index contributed by atoms with van der Waals surface area (Å²) in [7, 11) is 0. The summed E-state index contributed by atoms with van der Waals surface area (Å²) in [6, 6.07) is 9.55. The molecule has 1 amide bonds. The number of benzene rings is 1. The highest BCUT2D eigenvalue weighted by Gasteiger charge is 2.37. The molecule has 0 radical (unpaired) electrons. The van der Waals surface area contributed by atoms with E-state index in [1.54, 1.807) is 0 Å². The van der Waals surface area contributed by atoms with Crippen molar-refractivity contribution in [1.82, 2.24) is 5.32 Å². The minimum atomic E-state index is -0.205. The minimum Gasteiger partial charge on any atom is -0.355 e. The monoisotopic (exact) mass is 232 g/mol. The Morgan fingerprint density at radius 1 is 1.41 bits per heavy atom. The average molecular weight is 232 g/mol. The largest absolute Gasteiger partial charge is 0.355 e. The zero-order valence-electron chi connectivity index (χ0n) is 10.3. The van der Waals surface area contributed by atoms with Crippen molar-refractivity contribution in [3.05, 3.63) is 35.9 Å². The lowest BCUT2D eigenvalue weighted by Gasteiger charge is -2.14. The fourth-order valence-corrected chi connectivity index (χ4v) is 1.79. The predicted molar refractivity (Wildman–Crippen MR) is 68.3 cm³/mol. The molecule has 3 heteroatoms. The van der Waals surface area contributed by atoms with Crippen molar-refractivity contribution in [3.63, 3.8) is 0 Å². The first-order valence-electron chi connectivity index (χ1n) is 6.16. The van der Waals surface area contributed by atoms with Crippen molar-refractivity contribution in [2.75, 3.05) is 6.54 Å². The third-order valence-electron chi connectivity index (χ3n) is 3.45. The second kappa shape index (κ2) is 4.88. The molecular weight excluding hydrogens is 212 g/mol. The van der Waals surface area contributed by atoms with Gasteiger partial charge in [-0.15, -0.1) is 0 Å². The smallest absolute Gasteiger partial charge is 0.221 e. The van der Waals surface area contributed by atoms with Gasteiger partial charge in [0, 0.05) is 19.0 Å². The summed E-state index contributed by atoms with van der Waals surface area (Å²) in [6.07, 6.45) is 2.80. The molecule has 3 N–H and O–H groups in total. The first-order chi connectivity index (χ1) is 8.09. The first kappa shape index (κ1) is 12.1. The maximum absolute atomic E-state index is 11.7. The normalized spacial score (nSPS) is 18.5. The molecule has 3 nitrogen and oxygen atoms in total. The molecule has 1 unspecified atom stereocenters. The van der Waals surface area contributed by atoms with Crippen LogP contribution in [0.1, 0.15) is 37.8 Å². The number of amides is 1. The lowest BCUT2D eigenvalue weighted by Crippen LogP contribution is -2.31. The summed E-state index contributed by atoms with van der Waals surface area (Å²) in [5.41, 5.74) is 7.36. The van der Waals surface area contributed by atoms with Crippen LogP contribution in [-0.2, 0) is 4.79 Å². The zero-order chi connectivity index (χ0) is 12.3. The second-order valence-corrected chi connectivity index (χ2v) is 5.31. The Balaban J connectivity index is 1.78. The molecule has 0 heterocycles. The van der Waals surface area contributed by atoms with Crippen molar-refractivity contribution in [1.29, 1.82) is 0 Å². The van der Waals surface area contributed by atoms with Gasteiger partial charge in [-0.1, -0.05) is 37.3 Å². The Morgan fingerprint density at radius 3 is 2.65 bits per heavy atom. The van der Waals surface area contributed by atoms with Crippen LogP contribution in [-0.4, -0.2) is 12.5 Å². The number of hydrogen-bond donors (Lipinski definition) is 2. The summed E-state index contributed by atoms with van der Waals surface area (Å²) in [6.45, 7) is 2.98. The van der Waals surface area contributed by atoms with E-state index in [1.807, 2.05) is 30.3 Å². The molecule has 92 valence electrons. The quantitative estimate of drug-likeness (QED) is 0.815.